The van der Waals surface area contributed by atoms with Crippen molar-refractivity contribution in [1.29, 1.82) is 0 Å². The summed E-state index contributed by atoms with van der Waals surface area (Å²) in [6.45, 7) is 0.269. The van der Waals surface area contributed by atoms with E-state index in [2.05, 4.69) is 0 Å². The third-order valence-electron chi connectivity index (χ3n) is 5.04. The van der Waals surface area contributed by atoms with Crippen molar-refractivity contribution in [3.8, 4) is 17.2 Å². The van der Waals surface area contributed by atoms with E-state index in [1.807, 2.05) is 71.6 Å². The Hall–Kier alpha value is -3.47. The first-order valence-corrected chi connectivity index (χ1v) is 11.0. The van der Waals surface area contributed by atoms with Gasteiger partial charge >= 0.3 is 0 Å². The van der Waals surface area contributed by atoms with E-state index in [9.17, 15) is 4.79 Å². The van der Waals surface area contributed by atoms with Crippen LogP contribution >= 0.6 is 23.2 Å². The summed E-state index contributed by atoms with van der Waals surface area (Å²) in [5, 5.41) is 0.950. The topological polar surface area (TPSA) is 40.5 Å². The number of benzene rings is 3. The van der Waals surface area contributed by atoms with E-state index in [4.69, 9.17) is 32.7 Å². The Morgan fingerprint density at radius 3 is 2.48 bits per heavy atom. The number of hydrogen-bond acceptors (Lipinski definition) is 3. The summed E-state index contributed by atoms with van der Waals surface area (Å²) in [7, 11) is 1.58. The smallest absolute Gasteiger partial charge is 0.185 e. The van der Waals surface area contributed by atoms with Crippen molar-refractivity contribution in [2.45, 2.75) is 6.61 Å². The van der Waals surface area contributed by atoms with Gasteiger partial charge in [0.2, 0.25) is 0 Å². The van der Waals surface area contributed by atoms with Crippen LogP contribution in [0.3, 0.4) is 0 Å². The molecule has 0 radical (unpaired) electrons. The van der Waals surface area contributed by atoms with Crippen LogP contribution in [0.15, 0.2) is 91.3 Å². The highest BCUT2D eigenvalue weighted by atomic mass is 35.5. The number of nitrogens with zero attached hydrogens (tertiary/aromatic N) is 1. The summed E-state index contributed by atoms with van der Waals surface area (Å²) in [6.07, 6.45) is 7.15. The number of para-hydroxylation sites is 1. The number of aromatic nitrogens is 1. The van der Waals surface area contributed by atoms with Gasteiger partial charge in [-0.05, 0) is 60.2 Å². The number of ether oxygens (including phenoxy) is 2. The second-order valence-corrected chi connectivity index (χ2v) is 8.07. The van der Waals surface area contributed by atoms with Crippen LogP contribution in [-0.4, -0.2) is 17.5 Å². The van der Waals surface area contributed by atoms with Crippen LogP contribution in [0.25, 0.3) is 11.8 Å². The van der Waals surface area contributed by atoms with Crippen LogP contribution in [0.2, 0.25) is 10.0 Å². The summed E-state index contributed by atoms with van der Waals surface area (Å²) in [5.41, 5.74) is 3.11. The van der Waals surface area contributed by atoms with E-state index < -0.39 is 0 Å². The summed E-state index contributed by atoms with van der Waals surface area (Å²) in [4.78, 5) is 12.9. The number of ketones is 1. The van der Waals surface area contributed by atoms with Gasteiger partial charge < -0.3 is 14.0 Å². The molecule has 0 aliphatic heterocycles. The minimum atomic E-state index is -0.109. The Morgan fingerprint density at radius 1 is 0.939 bits per heavy atom. The molecule has 6 heteroatoms. The molecule has 4 aromatic rings. The van der Waals surface area contributed by atoms with Crippen molar-refractivity contribution in [2.75, 3.05) is 7.11 Å². The van der Waals surface area contributed by atoms with Crippen molar-refractivity contribution in [3.63, 3.8) is 0 Å². The van der Waals surface area contributed by atoms with Gasteiger partial charge in [-0.1, -0.05) is 53.5 Å². The van der Waals surface area contributed by atoms with E-state index in [0.717, 1.165) is 16.8 Å². The van der Waals surface area contributed by atoms with E-state index in [1.54, 1.807) is 31.4 Å². The fourth-order valence-electron chi connectivity index (χ4n) is 3.35. The number of rotatable bonds is 8. The molecule has 0 fully saturated rings. The molecule has 0 aliphatic carbocycles. The Balaban J connectivity index is 1.55. The number of methoxy groups -OCH3 is 1. The average molecular weight is 478 g/mol. The molecular weight excluding hydrogens is 457 g/mol. The van der Waals surface area contributed by atoms with Gasteiger partial charge in [-0.15, -0.1) is 0 Å². The summed E-state index contributed by atoms with van der Waals surface area (Å²) in [6, 6.07) is 22.2. The highest BCUT2D eigenvalue weighted by Crippen LogP contribution is 2.33. The molecule has 1 heterocycles. The largest absolute Gasteiger partial charge is 0.493 e. The van der Waals surface area contributed by atoms with E-state index in [1.165, 1.54) is 6.08 Å². The van der Waals surface area contributed by atoms with Crippen LogP contribution in [0.4, 0.5) is 0 Å². The lowest BCUT2D eigenvalue weighted by Gasteiger charge is -2.14. The fraction of sp³-hybridized carbons (Fsp3) is 0.0741. The predicted octanol–water partition coefficient (Wildman–Crippen LogP) is 7.27. The molecule has 4 rings (SSSR count). The second kappa shape index (κ2) is 10.4. The molecule has 0 saturated carbocycles. The lowest BCUT2D eigenvalue weighted by molar-refractivity contribution is 0.104. The van der Waals surface area contributed by atoms with Crippen molar-refractivity contribution in [2.24, 2.45) is 0 Å². The zero-order chi connectivity index (χ0) is 23.2. The number of allylic oxidation sites excluding steroid dienone is 1. The van der Waals surface area contributed by atoms with E-state index in [-0.39, 0.29) is 12.4 Å². The first-order valence-electron chi connectivity index (χ1n) is 10.2. The number of carbonyl (C=O) groups excluding carboxylic acids is 1. The lowest BCUT2D eigenvalue weighted by atomic mass is 10.1. The van der Waals surface area contributed by atoms with Gasteiger partial charge in [0.1, 0.15) is 6.61 Å². The number of carbonyl (C=O) groups is 1. The molecular formula is C27H21Cl2NO3. The molecule has 0 aliphatic rings. The number of halogens is 2. The average Bonchev–Trinajstić information content (AvgIpc) is 3.38. The maximum atomic E-state index is 12.9. The number of hydrogen-bond donors (Lipinski definition) is 0. The molecule has 1 aromatic heterocycles. The van der Waals surface area contributed by atoms with Crippen molar-refractivity contribution in [3.05, 3.63) is 118 Å². The third-order valence-corrected chi connectivity index (χ3v) is 5.78. The monoisotopic (exact) mass is 477 g/mol. The lowest BCUT2D eigenvalue weighted by Crippen LogP contribution is -2.00. The van der Waals surface area contributed by atoms with Crippen LogP contribution < -0.4 is 9.47 Å². The normalized spacial score (nSPS) is 11.0. The minimum absolute atomic E-state index is 0.109. The van der Waals surface area contributed by atoms with Crippen LogP contribution in [0, 0.1) is 0 Å². The van der Waals surface area contributed by atoms with Gasteiger partial charge in [-0.3, -0.25) is 4.79 Å². The maximum absolute atomic E-state index is 12.9. The minimum Gasteiger partial charge on any atom is -0.493 e. The quantitative estimate of drug-likeness (QED) is 0.198. The molecule has 0 amide bonds. The standard InChI is InChI=1S/C27H21Cl2NO3/c1-32-26-9-5-6-20(27(26)33-18-19-10-12-23(28)24(29)16-19)11-13-25(31)21-7-4-8-22(17-21)30-14-2-3-15-30/h2-17H,18H2,1H3/b13-11+. The molecule has 166 valence electrons. The van der Waals surface area contributed by atoms with Gasteiger partial charge in [0.15, 0.2) is 17.3 Å². The SMILES string of the molecule is COc1cccc(/C=C/C(=O)c2cccc(-n3cccc3)c2)c1OCc1ccc(Cl)c(Cl)c1. The van der Waals surface area contributed by atoms with Gasteiger partial charge in [0.25, 0.3) is 0 Å². The summed E-state index contributed by atoms with van der Waals surface area (Å²) >= 11 is 12.1. The highest BCUT2D eigenvalue weighted by molar-refractivity contribution is 6.42. The van der Waals surface area contributed by atoms with E-state index in [0.29, 0.717) is 27.1 Å². The second-order valence-electron chi connectivity index (χ2n) is 7.25. The Bertz CT molecular complexity index is 1300. The highest BCUT2D eigenvalue weighted by Gasteiger charge is 2.11. The van der Waals surface area contributed by atoms with Gasteiger partial charge in [-0.2, -0.15) is 0 Å². The molecule has 0 bridgehead atoms. The van der Waals surface area contributed by atoms with Crippen LogP contribution in [0.1, 0.15) is 21.5 Å². The molecule has 0 atom stereocenters. The van der Waals surface area contributed by atoms with Gasteiger partial charge in [-0.25, -0.2) is 0 Å². The zero-order valence-electron chi connectivity index (χ0n) is 17.9. The first kappa shape index (κ1) is 22.7. The third kappa shape index (κ3) is 5.48. The van der Waals surface area contributed by atoms with Crippen molar-refractivity contribution < 1.29 is 14.3 Å². The van der Waals surface area contributed by atoms with Crippen LogP contribution in [0.5, 0.6) is 11.5 Å². The Labute approximate surface area is 202 Å². The zero-order valence-corrected chi connectivity index (χ0v) is 19.4. The van der Waals surface area contributed by atoms with E-state index >= 15 is 0 Å². The van der Waals surface area contributed by atoms with Crippen molar-refractivity contribution >= 4 is 35.1 Å². The Morgan fingerprint density at radius 2 is 1.73 bits per heavy atom. The first-order chi connectivity index (χ1) is 16.0. The van der Waals surface area contributed by atoms with Gasteiger partial charge in [0.05, 0.1) is 17.2 Å². The molecule has 3 aromatic carbocycles. The summed E-state index contributed by atoms with van der Waals surface area (Å²) < 4.78 is 13.5. The fourth-order valence-corrected chi connectivity index (χ4v) is 3.67. The molecule has 0 unspecified atom stereocenters. The van der Waals surface area contributed by atoms with Gasteiger partial charge in [0, 0.05) is 29.2 Å². The molecule has 4 nitrogen and oxygen atoms in total. The van der Waals surface area contributed by atoms with Crippen LogP contribution in [-0.2, 0) is 6.61 Å². The Kier molecular flexibility index (Phi) is 7.18. The molecule has 0 saturated heterocycles. The van der Waals surface area contributed by atoms with Crippen molar-refractivity contribution in [1.82, 2.24) is 4.57 Å². The molecule has 0 spiro atoms. The molecule has 0 N–H and O–H groups in total. The predicted molar refractivity (Wildman–Crippen MR) is 133 cm³/mol. The summed E-state index contributed by atoms with van der Waals surface area (Å²) in [5.74, 6) is 0.998. The molecule has 33 heavy (non-hydrogen) atoms. The maximum Gasteiger partial charge on any atom is 0.185 e.